The Kier molecular flexibility index (Phi) is 6.21. The number of hydrogen-bond acceptors (Lipinski definition) is 6. The molecule has 136 valence electrons. The lowest BCUT2D eigenvalue weighted by atomic mass is 10.0. The Balaban J connectivity index is 1.87. The lowest BCUT2D eigenvalue weighted by molar-refractivity contribution is -0.145. The Morgan fingerprint density at radius 3 is 2.60 bits per heavy atom. The largest absolute Gasteiger partial charge is 0.467 e. The van der Waals surface area contributed by atoms with Crippen LogP contribution < -0.4 is 20.1 Å². The van der Waals surface area contributed by atoms with Crippen molar-refractivity contribution in [3.63, 3.8) is 0 Å². The average Bonchev–Trinajstić information content (AvgIpc) is 3.05. The van der Waals surface area contributed by atoms with Crippen molar-refractivity contribution in [1.82, 2.24) is 10.6 Å². The maximum absolute atomic E-state index is 12.1. The highest BCUT2D eigenvalue weighted by Gasteiger charge is 2.23. The highest BCUT2D eigenvalue weighted by atomic mass is 16.7. The van der Waals surface area contributed by atoms with E-state index in [-0.39, 0.29) is 19.3 Å². The van der Waals surface area contributed by atoms with E-state index in [1.54, 1.807) is 18.2 Å². The molecule has 0 aromatic heterocycles. The first kappa shape index (κ1) is 18.6. The molecule has 0 saturated heterocycles. The highest BCUT2D eigenvalue weighted by Crippen LogP contribution is 2.32. The van der Waals surface area contributed by atoms with Gasteiger partial charge in [0.05, 0.1) is 13.7 Å². The van der Waals surface area contributed by atoms with E-state index in [1.165, 1.54) is 7.11 Å². The van der Waals surface area contributed by atoms with Gasteiger partial charge in [0.15, 0.2) is 11.5 Å². The molecule has 0 bridgehead atoms. The van der Waals surface area contributed by atoms with Crippen LogP contribution in [0.1, 0.15) is 30.6 Å². The number of fused-ring (bicyclic) bond motifs is 1. The second kappa shape index (κ2) is 8.36. The Hall–Kier alpha value is -2.77. The summed E-state index contributed by atoms with van der Waals surface area (Å²) in [5.41, 5.74) is 0.351. The molecule has 8 heteroatoms. The molecule has 1 atom stereocenters. The number of carbonyl (C=O) groups excluding carboxylic acids is 3. The topological polar surface area (TPSA) is 103 Å². The summed E-state index contributed by atoms with van der Waals surface area (Å²) in [6.07, 6.45) is 0.453. The third-order valence-electron chi connectivity index (χ3n) is 3.57. The molecular weight excluding hydrogens is 328 g/mol. The monoisotopic (exact) mass is 350 g/mol. The fraction of sp³-hybridized carbons (Fsp3) is 0.471. The van der Waals surface area contributed by atoms with E-state index < -0.39 is 23.8 Å². The minimum absolute atomic E-state index is 0.119. The molecule has 2 N–H and O–H groups in total. The Labute approximate surface area is 145 Å². The maximum atomic E-state index is 12.1. The fourth-order valence-electron chi connectivity index (χ4n) is 2.37. The fourth-order valence-corrected chi connectivity index (χ4v) is 2.37. The van der Waals surface area contributed by atoms with Crippen LogP contribution in [0.15, 0.2) is 18.2 Å². The van der Waals surface area contributed by atoms with E-state index in [0.717, 1.165) is 0 Å². The molecule has 1 aliphatic rings. The summed E-state index contributed by atoms with van der Waals surface area (Å²) in [6.45, 7) is 3.74. The minimum atomic E-state index is -0.736. The molecule has 1 aromatic carbocycles. The number of amides is 2. The van der Waals surface area contributed by atoms with Crippen molar-refractivity contribution < 1.29 is 28.6 Å². The zero-order valence-electron chi connectivity index (χ0n) is 14.5. The van der Waals surface area contributed by atoms with Crippen LogP contribution in [-0.4, -0.2) is 44.3 Å². The summed E-state index contributed by atoms with van der Waals surface area (Å²) >= 11 is 0. The molecule has 0 spiro atoms. The van der Waals surface area contributed by atoms with Gasteiger partial charge in [-0.15, -0.1) is 0 Å². The molecule has 2 amide bonds. The Morgan fingerprint density at radius 1 is 1.20 bits per heavy atom. The van der Waals surface area contributed by atoms with Gasteiger partial charge in [-0.25, -0.2) is 4.79 Å². The van der Waals surface area contributed by atoms with Gasteiger partial charge in [-0.3, -0.25) is 9.59 Å². The minimum Gasteiger partial charge on any atom is -0.467 e. The van der Waals surface area contributed by atoms with Crippen LogP contribution in [0.3, 0.4) is 0 Å². The van der Waals surface area contributed by atoms with Crippen LogP contribution in [0.4, 0.5) is 0 Å². The molecule has 0 saturated carbocycles. The van der Waals surface area contributed by atoms with Crippen LogP contribution in [0.2, 0.25) is 0 Å². The smallest absolute Gasteiger partial charge is 0.328 e. The first-order chi connectivity index (χ1) is 11.9. The zero-order valence-corrected chi connectivity index (χ0v) is 14.5. The molecule has 0 fully saturated rings. The van der Waals surface area contributed by atoms with Gasteiger partial charge >= 0.3 is 5.97 Å². The number of methoxy groups -OCH3 is 1. The van der Waals surface area contributed by atoms with Crippen LogP contribution >= 0.6 is 0 Å². The van der Waals surface area contributed by atoms with Crippen molar-refractivity contribution in [2.75, 3.05) is 20.4 Å². The summed E-state index contributed by atoms with van der Waals surface area (Å²) in [4.78, 5) is 35.8. The summed E-state index contributed by atoms with van der Waals surface area (Å²) in [6, 6.07) is 4.02. The molecule has 25 heavy (non-hydrogen) atoms. The molecule has 0 aliphatic carbocycles. The van der Waals surface area contributed by atoms with E-state index in [2.05, 4.69) is 15.4 Å². The number of rotatable bonds is 7. The van der Waals surface area contributed by atoms with Gasteiger partial charge in [-0.1, -0.05) is 13.8 Å². The number of hydrogen-bond donors (Lipinski definition) is 2. The lowest BCUT2D eigenvalue weighted by Gasteiger charge is -2.18. The number of esters is 1. The van der Waals surface area contributed by atoms with Gasteiger partial charge in [-0.2, -0.15) is 0 Å². The van der Waals surface area contributed by atoms with Crippen molar-refractivity contribution in [1.29, 1.82) is 0 Å². The Bertz CT molecular complexity index is 659. The number of benzene rings is 1. The Morgan fingerprint density at radius 2 is 1.92 bits per heavy atom. The van der Waals surface area contributed by atoms with Gasteiger partial charge in [0, 0.05) is 5.56 Å². The zero-order chi connectivity index (χ0) is 18.4. The maximum Gasteiger partial charge on any atom is 0.328 e. The van der Waals surface area contributed by atoms with E-state index in [4.69, 9.17) is 9.47 Å². The third kappa shape index (κ3) is 5.10. The van der Waals surface area contributed by atoms with Gasteiger partial charge < -0.3 is 24.8 Å². The van der Waals surface area contributed by atoms with Crippen molar-refractivity contribution in [2.24, 2.45) is 5.92 Å². The van der Waals surface area contributed by atoms with Crippen molar-refractivity contribution in [3.8, 4) is 11.5 Å². The summed E-state index contributed by atoms with van der Waals surface area (Å²) < 4.78 is 15.1. The summed E-state index contributed by atoms with van der Waals surface area (Å²) in [5.74, 6) is -0.141. The summed E-state index contributed by atoms with van der Waals surface area (Å²) in [5, 5.41) is 5.08. The average molecular weight is 350 g/mol. The molecule has 8 nitrogen and oxygen atoms in total. The molecule has 1 aromatic rings. The van der Waals surface area contributed by atoms with Crippen molar-refractivity contribution in [3.05, 3.63) is 23.8 Å². The number of ether oxygens (including phenoxy) is 3. The predicted molar refractivity (Wildman–Crippen MR) is 88.3 cm³/mol. The van der Waals surface area contributed by atoms with Crippen LogP contribution in [0.25, 0.3) is 0 Å². The molecule has 1 aliphatic heterocycles. The van der Waals surface area contributed by atoms with Crippen molar-refractivity contribution >= 4 is 17.8 Å². The second-order valence-electron chi connectivity index (χ2n) is 6.02. The normalized spacial score (nSPS) is 13.3. The highest BCUT2D eigenvalue weighted by molar-refractivity contribution is 5.97. The van der Waals surface area contributed by atoms with Crippen molar-refractivity contribution in [2.45, 2.75) is 26.3 Å². The quantitative estimate of drug-likeness (QED) is 0.707. The molecule has 2 rings (SSSR count). The van der Waals surface area contributed by atoms with Gasteiger partial charge in [0.2, 0.25) is 12.7 Å². The molecule has 0 radical (unpaired) electrons. The standard InChI is InChI=1S/C17H22N2O6/c1-10(2)6-12(17(22)23-3)19-15(20)8-18-16(21)11-4-5-13-14(7-11)25-9-24-13/h4-5,7,10,12H,6,8-9H2,1-3H3,(H,18,21)(H,19,20)/t12-/m1/s1. The number of carbonyl (C=O) groups is 3. The van der Waals surface area contributed by atoms with E-state index in [1.807, 2.05) is 13.8 Å². The molecule has 1 heterocycles. The van der Waals surface area contributed by atoms with Crippen LogP contribution in [-0.2, 0) is 14.3 Å². The van der Waals surface area contributed by atoms with E-state index in [9.17, 15) is 14.4 Å². The number of nitrogens with one attached hydrogen (secondary N) is 2. The van der Waals surface area contributed by atoms with Crippen LogP contribution in [0.5, 0.6) is 11.5 Å². The lowest BCUT2D eigenvalue weighted by Crippen LogP contribution is -2.46. The van der Waals surface area contributed by atoms with E-state index >= 15 is 0 Å². The molecular formula is C17H22N2O6. The van der Waals surface area contributed by atoms with Gasteiger partial charge in [0.1, 0.15) is 6.04 Å². The summed E-state index contributed by atoms with van der Waals surface area (Å²) in [7, 11) is 1.27. The van der Waals surface area contributed by atoms with E-state index in [0.29, 0.717) is 23.5 Å². The SMILES string of the molecule is COC(=O)[C@@H](CC(C)C)NC(=O)CNC(=O)c1ccc2c(c1)OCO2. The predicted octanol–water partition coefficient (Wildman–Crippen LogP) is 0.849. The van der Waals surface area contributed by atoms with Gasteiger partial charge in [-0.05, 0) is 30.5 Å². The van der Waals surface area contributed by atoms with Gasteiger partial charge in [0.25, 0.3) is 5.91 Å². The second-order valence-corrected chi connectivity index (χ2v) is 6.02. The van der Waals surface area contributed by atoms with Crippen LogP contribution in [0, 0.1) is 5.92 Å². The first-order valence-corrected chi connectivity index (χ1v) is 7.95. The third-order valence-corrected chi connectivity index (χ3v) is 3.57. The molecule has 0 unspecified atom stereocenters. The first-order valence-electron chi connectivity index (χ1n) is 7.95.